The first-order valence-electron chi connectivity index (χ1n) is 11.1. The molecule has 0 aliphatic carbocycles. The van der Waals surface area contributed by atoms with Crippen LogP contribution in [0.3, 0.4) is 0 Å². The van der Waals surface area contributed by atoms with Gasteiger partial charge in [0.15, 0.2) is 0 Å². The Morgan fingerprint density at radius 2 is 2.06 bits per heavy atom. The van der Waals surface area contributed by atoms with E-state index in [-0.39, 0.29) is 17.2 Å². The standard InChI is InChI=1S/C23H30N4O4/c1-3-13-26-14-11-23(22(26)29)12-15-27(16-23)20(28)10-6-9-19-24-21(25-31-19)17-7-4-5-8-18(17)30-2/h4-5,7-8H,3,6,9-16H2,1-2H3. The molecule has 2 aliphatic heterocycles. The molecule has 1 spiro atoms. The summed E-state index contributed by atoms with van der Waals surface area (Å²) in [5.74, 6) is 2.01. The van der Waals surface area contributed by atoms with E-state index >= 15 is 0 Å². The minimum atomic E-state index is -0.346. The minimum Gasteiger partial charge on any atom is -0.496 e. The third kappa shape index (κ3) is 4.29. The molecule has 1 atom stereocenters. The first kappa shape index (κ1) is 21.3. The molecule has 1 aromatic carbocycles. The third-order valence-electron chi connectivity index (χ3n) is 6.40. The van der Waals surface area contributed by atoms with Crippen LogP contribution in [0.5, 0.6) is 5.75 Å². The topological polar surface area (TPSA) is 88.8 Å². The number of ether oxygens (including phenoxy) is 1. The Labute approximate surface area is 182 Å². The van der Waals surface area contributed by atoms with E-state index in [0.29, 0.717) is 49.8 Å². The Balaban J connectivity index is 1.28. The summed E-state index contributed by atoms with van der Waals surface area (Å²) in [6.45, 7) is 4.95. The van der Waals surface area contributed by atoms with Gasteiger partial charge in [-0.3, -0.25) is 9.59 Å². The fourth-order valence-electron chi connectivity index (χ4n) is 4.68. The van der Waals surface area contributed by atoms with E-state index in [0.717, 1.165) is 37.9 Å². The molecule has 0 bridgehead atoms. The third-order valence-corrected chi connectivity index (χ3v) is 6.40. The van der Waals surface area contributed by atoms with Gasteiger partial charge in [0.05, 0.1) is 18.1 Å². The number of methoxy groups -OCH3 is 1. The van der Waals surface area contributed by atoms with Gasteiger partial charge in [-0.25, -0.2) is 0 Å². The first-order chi connectivity index (χ1) is 15.1. The number of hydrogen-bond acceptors (Lipinski definition) is 6. The summed E-state index contributed by atoms with van der Waals surface area (Å²) in [5.41, 5.74) is 0.429. The number of carbonyl (C=O) groups is 2. The predicted molar refractivity (Wildman–Crippen MR) is 114 cm³/mol. The summed E-state index contributed by atoms with van der Waals surface area (Å²) in [6.07, 6.45) is 4.20. The molecule has 31 heavy (non-hydrogen) atoms. The highest BCUT2D eigenvalue weighted by Crippen LogP contribution is 2.41. The molecule has 2 saturated heterocycles. The van der Waals surface area contributed by atoms with Gasteiger partial charge in [-0.1, -0.05) is 24.2 Å². The molecule has 0 saturated carbocycles. The van der Waals surface area contributed by atoms with Gasteiger partial charge in [0, 0.05) is 39.0 Å². The van der Waals surface area contributed by atoms with Crippen molar-refractivity contribution >= 4 is 11.8 Å². The average molecular weight is 427 g/mol. The van der Waals surface area contributed by atoms with Crippen LogP contribution in [0.15, 0.2) is 28.8 Å². The van der Waals surface area contributed by atoms with E-state index in [1.165, 1.54) is 0 Å². The number of hydrogen-bond donors (Lipinski definition) is 0. The van der Waals surface area contributed by atoms with Crippen molar-refractivity contribution in [2.24, 2.45) is 5.41 Å². The van der Waals surface area contributed by atoms with Crippen LogP contribution in [0.1, 0.15) is 44.9 Å². The zero-order chi connectivity index (χ0) is 21.8. The van der Waals surface area contributed by atoms with Crippen LogP contribution in [0.4, 0.5) is 0 Å². The molecule has 0 radical (unpaired) electrons. The van der Waals surface area contributed by atoms with Gasteiger partial charge in [0.1, 0.15) is 5.75 Å². The molecule has 8 heteroatoms. The average Bonchev–Trinajstić information content (AvgIpc) is 3.50. The molecule has 2 aliphatic rings. The van der Waals surface area contributed by atoms with Crippen molar-refractivity contribution < 1.29 is 18.8 Å². The maximum atomic E-state index is 12.8. The molecule has 0 N–H and O–H groups in total. The number of aromatic nitrogens is 2. The Hall–Kier alpha value is -2.90. The van der Waals surface area contributed by atoms with E-state index < -0.39 is 0 Å². The summed E-state index contributed by atoms with van der Waals surface area (Å²) < 4.78 is 10.7. The van der Waals surface area contributed by atoms with Gasteiger partial charge in [0.25, 0.3) is 0 Å². The summed E-state index contributed by atoms with van der Waals surface area (Å²) in [4.78, 5) is 33.8. The van der Waals surface area contributed by atoms with Crippen molar-refractivity contribution in [1.29, 1.82) is 0 Å². The second kappa shape index (κ2) is 9.08. The fourth-order valence-corrected chi connectivity index (χ4v) is 4.68. The summed E-state index contributed by atoms with van der Waals surface area (Å²) in [7, 11) is 1.61. The van der Waals surface area contributed by atoms with Crippen LogP contribution in [0.2, 0.25) is 0 Å². The Kier molecular flexibility index (Phi) is 6.25. The van der Waals surface area contributed by atoms with Crippen molar-refractivity contribution in [1.82, 2.24) is 19.9 Å². The first-order valence-corrected chi connectivity index (χ1v) is 11.1. The molecular formula is C23H30N4O4. The number of benzene rings is 1. The van der Waals surface area contributed by atoms with Crippen molar-refractivity contribution in [3.8, 4) is 17.1 Å². The molecule has 2 amide bonds. The molecule has 1 aromatic heterocycles. The number of likely N-dealkylation sites (tertiary alicyclic amines) is 2. The lowest BCUT2D eigenvalue weighted by molar-refractivity contribution is -0.136. The number of para-hydroxylation sites is 1. The Bertz CT molecular complexity index is 943. The second-order valence-corrected chi connectivity index (χ2v) is 8.45. The quantitative estimate of drug-likeness (QED) is 0.645. The molecule has 4 rings (SSSR count). The van der Waals surface area contributed by atoms with Crippen molar-refractivity contribution in [2.75, 3.05) is 33.3 Å². The van der Waals surface area contributed by atoms with E-state index in [4.69, 9.17) is 9.26 Å². The number of amides is 2. The number of aryl methyl sites for hydroxylation is 1. The Morgan fingerprint density at radius 3 is 2.87 bits per heavy atom. The van der Waals surface area contributed by atoms with Gasteiger partial charge in [-0.15, -0.1) is 0 Å². The van der Waals surface area contributed by atoms with Crippen LogP contribution in [-0.4, -0.2) is 65.0 Å². The van der Waals surface area contributed by atoms with Gasteiger partial charge < -0.3 is 19.1 Å². The molecule has 166 valence electrons. The zero-order valence-electron chi connectivity index (χ0n) is 18.3. The van der Waals surface area contributed by atoms with Crippen LogP contribution in [0, 0.1) is 5.41 Å². The van der Waals surface area contributed by atoms with Gasteiger partial charge in [-0.05, 0) is 37.8 Å². The lowest BCUT2D eigenvalue weighted by Crippen LogP contribution is -2.38. The molecule has 8 nitrogen and oxygen atoms in total. The maximum absolute atomic E-state index is 12.8. The Morgan fingerprint density at radius 1 is 1.26 bits per heavy atom. The summed E-state index contributed by atoms with van der Waals surface area (Å²) >= 11 is 0. The number of nitrogens with zero attached hydrogens (tertiary/aromatic N) is 4. The molecular weight excluding hydrogens is 396 g/mol. The zero-order valence-corrected chi connectivity index (χ0v) is 18.3. The van der Waals surface area contributed by atoms with Crippen molar-refractivity contribution in [3.05, 3.63) is 30.2 Å². The monoisotopic (exact) mass is 426 g/mol. The molecule has 3 heterocycles. The predicted octanol–water partition coefficient (Wildman–Crippen LogP) is 2.93. The minimum absolute atomic E-state index is 0.100. The van der Waals surface area contributed by atoms with Crippen molar-refractivity contribution in [2.45, 2.75) is 45.4 Å². The van der Waals surface area contributed by atoms with E-state index in [2.05, 4.69) is 17.1 Å². The smallest absolute Gasteiger partial charge is 0.230 e. The summed E-state index contributed by atoms with van der Waals surface area (Å²) in [5, 5.41) is 4.05. The van der Waals surface area contributed by atoms with E-state index in [1.54, 1.807) is 7.11 Å². The van der Waals surface area contributed by atoms with Gasteiger partial charge in [-0.2, -0.15) is 4.98 Å². The van der Waals surface area contributed by atoms with Crippen LogP contribution < -0.4 is 4.74 Å². The number of rotatable bonds is 8. The molecule has 2 aromatic rings. The highest BCUT2D eigenvalue weighted by atomic mass is 16.5. The SMILES string of the molecule is CCCN1CCC2(CCN(C(=O)CCCc3nc(-c4ccccc4OC)no3)C2)C1=O. The highest BCUT2D eigenvalue weighted by Gasteiger charge is 2.51. The van der Waals surface area contributed by atoms with Crippen molar-refractivity contribution in [3.63, 3.8) is 0 Å². The maximum Gasteiger partial charge on any atom is 0.230 e. The van der Waals surface area contributed by atoms with E-state index in [1.807, 2.05) is 34.1 Å². The highest BCUT2D eigenvalue weighted by molar-refractivity contribution is 5.87. The fraction of sp³-hybridized carbons (Fsp3) is 0.565. The lowest BCUT2D eigenvalue weighted by Gasteiger charge is -2.23. The largest absolute Gasteiger partial charge is 0.496 e. The van der Waals surface area contributed by atoms with E-state index in [9.17, 15) is 9.59 Å². The van der Waals surface area contributed by atoms with Gasteiger partial charge in [0.2, 0.25) is 23.5 Å². The normalized spacial score (nSPS) is 20.8. The lowest BCUT2D eigenvalue weighted by atomic mass is 9.85. The second-order valence-electron chi connectivity index (χ2n) is 8.45. The summed E-state index contributed by atoms with van der Waals surface area (Å²) in [6, 6.07) is 7.51. The van der Waals surface area contributed by atoms with Gasteiger partial charge >= 0.3 is 0 Å². The molecule has 2 fully saturated rings. The van der Waals surface area contributed by atoms with Crippen LogP contribution in [0.25, 0.3) is 11.4 Å². The number of carbonyl (C=O) groups excluding carboxylic acids is 2. The van der Waals surface area contributed by atoms with Crippen LogP contribution in [-0.2, 0) is 16.0 Å². The molecule has 1 unspecified atom stereocenters. The van der Waals surface area contributed by atoms with Crippen LogP contribution >= 0.6 is 0 Å².